The highest BCUT2D eigenvalue weighted by molar-refractivity contribution is 9.09. The second kappa shape index (κ2) is 6.28. The fourth-order valence-corrected chi connectivity index (χ4v) is 3.20. The number of rotatable bonds is 5. The highest BCUT2D eigenvalue weighted by Crippen LogP contribution is 2.17. The molecule has 3 rings (SSSR count). The third-order valence-corrected chi connectivity index (χ3v) is 4.22. The van der Waals surface area contributed by atoms with E-state index in [9.17, 15) is 0 Å². The fraction of sp³-hybridized carbons (Fsp3) is 0.214. The first-order valence-electron chi connectivity index (χ1n) is 6.30. The van der Waals surface area contributed by atoms with Gasteiger partial charge in [-0.15, -0.1) is 16.4 Å². The molecule has 2 aromatic heterocycles. The van der Waals surface area contributed by atoms with Gasteiger partial charge >= 0.3 is 0 Å². The van der Waals surface area contributed by atoms with Gasteiger partial charge in [-0.2, -0.15) is 0 Å². The molecule has 4 nitrogen and oxygen atoms in total. The number of aromatic nitrogens is 4. The zero-order valence-electron chi connectivity index (χ0n) is 10.7. The van der Waals surface area contributed by atoms with Gasteiger partial charge in [0.15, 0.2) is 0 Å². The molecule has 0 aliphatic heterocycles. The summed E-state index contributed by atoms with van der Waals surface area (Å²) in [7, 11) is 0. The first kappa shape index (κ1) is 13.5. The Balaban J connectivity index is 1.71. The summed E-state index contributed by atoms with van der Waals surface area (Å²) < 4.78 is 1.75. The number of aryl methyl sites for hydroxylation is 1. The van der Waals surface area contributed by atoms with Gasteiger partial charge in [-0.05, 0) is 17.7 Å². The highest BCUT2D eigenvalue weighted by atomic mass is 79.9. The first-order chi connectivity index (χ1) is 9.85. The Hall–Kier alpha value is -1.53. The molecule has 102 valence electrons. The van der Waals surface area contributed by atoms with E-state index in [1.807, 2.05) is 6.20 Å². The molecule has 2 heterocycles. The lowest BCUT2D eigenvalue weighted by molar-refractivity contribution is 0.803. The van der Waals surface area contributed by atoms with Crippen molar-refractivity contribution in [2.75, 3.05) is 5.33 Å². The van der Waals surface area contributed by atoms with Gasteiger partial charge in [-0.1, -0.05) is 33.3 Å². The van der Waals surface area contributed by atoms with E-state index >= 15 is 0 Å². The molecule has 0 saturated carbocycles. The molecule has 0 saturated heterocycles. The molecule has 0 bridgehead atoms. The lowest BCUT2D eigenvalue weighted by Crippen LogP contribution is -1.96. The molecular weight excluding hydrogens is 336 g/mol. The predicted molar refractivity (Wildman–Crippen MR) is 83.8 cm³/mol. The van der Waals surface area contributed by atoms with Gasteiger partial charge in [0, 0.05) is 23.6 Å². The number of alkyl halides is 1. The topological polar surface area (TPSA) is 43.6 Å². The summed E-state index contributed by atoms with van der Waals surface area (Å²) in [5.41, 5.74) is 3.44. The Labute approximate surface area is 129 Å². The van der Waals surface area contributed by atoms with Crippen molar-refractivity contribution in [1.82, 2.24) is 20.0 Å². The van der Waals surface area contributed by atoms with Crippen LogP contribution < -0.4 is 0 Å². The van der Waals surface area contributed by atoms with Crippen LogP contribution in [-0.4, -0.2) is 25.3 Å². The Bertz CT molecular complexity index is 661. The molecule has 1 aromatic carbocycles. The SMILES string of the molecule is BrCCc1csc(Cc2ccc(-n3ccnn3)cc2)n1. The zero-order chi connectivity index (χ0) is 13.8. The molecular formula is C14H13BrN4S. The van der Waals surface area contributed by atoms with E-state index < -0.39 is 0 Å². The maximum Gasteiger partial charge on any atom is 0.0972 e. The van der Waals surface area contributed by atoms with E-state index in [0.717, 1.165) is 28.9 Å². The summed E-state index contributed by atoms with van der Waals surface area (Å²) in [6.07, 6.45) is 5.38. The number of nitrogens with zero attached hydrogens (tertiary/aromatic N) is 4. The van der Waals surface area contributed by atoms with Crippen LogP contribution in [0, 0.1) is 0 Å². The lowest BCUT2D eigenvalue weighted by Gasteiger charge is -2.02. The summed E-state index contributed by atoms with van der Waals surface area (Å²) >= 11 is 5.17. The number of hydrogen-bond donors (Lipinski definition) is 0. The number of benzene rings is 1. The fourth-order valence-electron chi connectivity index (χ4n) is 1.93. The molecule has 0 amide bonds. The van der Waals surface area contributed by atoms with Crippen LogP contribution in [0.2, 0.25) is 0 Å². The van der Waals surface area contributed by atoms with Crippen molar-refractivity contribution >= 4 is 27.3 Å². The maximum atomic E-state index is 4.63. The van der Waals surface area contributed by atoms with Crippen molar-refractivity contribution < 1.29 is 0 Å². The van der Waals surface area contributed by atoms with Gasteiger partial charge in [0.2, 0.25) is 0 Å². The smallest absolute Gasteiger partial charge is 0.0972 e. The van der Waals surface area contributed by atoms with E-state index in [2.05, 4.69) is 60.9 Å². The normalized spacial score (nSPS) is 10.8. The average molecular weight is 349 g/mol. The highest BCUT2D eigenvalue weighted by Gasteiger charge is 2.04. The van der Waals surface area contributed by atoms with Crippen LogP contribution in [0.3, 0.4) is 0 Å². The number of hydrogen-bond acceptors (Lipinski definition) is 4. The van der Waals surface area contributed by atoms with Crippen molar-refractivity contribution in [1.29, 1.82) is 0 Å². The van der Waals surface area contributed by atoms with Gasteiger partial charge in [0.05, 0.1) is 28.8 Å². The monoisotopic (exact) mass is 348 g/mol. The van der Waals surface area contributed by atoms with Gasteiger partial charge in [0.25, 0.3) is 0 Å². The molecule has 20 heavy (non-hydrogen) atoms. The molecule has 0 fully saturated rings. The van der Waals surface area contributed by atoms with E-state index in [4.69, 9.17) is 0 Å². The Morgan fingerprint density at radius 2 is 2.05 bits per heavy atom. The second-order valence-electron chi connectivity index (χ2n) is 4.36. The van der Waals surface area contributed by atoms with Crippen molar-refractivity contribution in [3.8, 4) is 5.69 Å². The third kappa shape index (κ3) is 3.13. The van der Waals surface area contributed by atoms with E-state index in [1.54, 1.807) is 22.2 Å². The van der Waals surface area contributed by atoms with Crippen molar-refractivity contribution in [2.45, 2.75) is 12.8 Å². The standard InChI is InChI=1S/C14H13BrN4S/c15-6-5-12-10-20-14(17-12)9-11-1-3-13(4-2-11)19-8-7-16-18-19/h1-4,7-8,10H,5-6,9H2. The summed E-state index contributed by atoms with van der Waals surface area (Å²) in [4.78, 5) is 4.63. The quantitative estimate of drug-likeness (QED) is 0.664. The molecule has 0 radical (unpaired) electrons. The number of halogens is 1. The molecule has 0 aliphatic carbocycles. The summed E-state index contributed by atoms with van der Waals surface area (Å²) in [5.74, 6) is 0. The van der Waals surface area contributed by atoms with Gasteiger partial charge in [-0.25, -0.2) is 9.67 Å². The van der Waals surface area contributed by atoms with Gasteiger partial charge in [0.1, 0.15) is 0 Å². The van der Waals surface area contributed by atoms with Gasteiger partial charge in [-0.3, -0.25) is 0 Å². The number of thiazole rings is 1. The molecule has 3 aromatic rings. The van der Waals surface area contributed by atoms with Crippen LogP contribution in [0.4, 0.5) is 0 Å². The van der Waals surface area contributed by atoms with Crippen LogP contribution in [0.25, 0.3) is 5.69 Å². The Kier molecular flexibility index (Phi) is 4.22. The Morgan fingerprint density at radius 3 is 2.75 bits per heavy atom. The van der Waals surface area contributed by atoms with Crippen LogP contribution in [-0.2, 0) is 12.8 Å². The Morgan fingerprint density at radius 1 is 1.20 bits per heavy atom. The van der Waals surface area contributed by atoms with Crippen LogP contribution >= 0.6 is 27.3 Å². The third-order valence-electron chi connectivity index (χ3n) is 2.93. The molecule has 0 aliphatic rings. The van der Waals surface area contributed by atoms with Crippen molar-refractivity contribution in [3.63, 3.8) is 0 Å². The predicted octanol–water partition coefficient (Wildman–Crippen LogP) is 3.25. The summed E-state index contributed by atoms with van der Waals surface area (Å²) in [5, 5.41) is 12.0. The molecule has 0 atom stereocenters. The minimum absolute atomic E-state index is 0.880. The minimum Gasteiger partial charge on any atom is -0.246 e. The largest absolute Gasteiger partial charge is 0.246 e. The first-order valence-corrected chi connectivity index (χ1v) is 8.30. The van der Waals surface area contributed by atoms with E-state index in [-0.39, 0.29) is 0 Å². The minimum atomic E-state index is 0.880. The van der Waals surface area contributed by atoms with E-state index in [1.165, 1.54) is 11.3 Å². The average Bonchev–Trinajstić information content (AvgIpc) is 3.12. The second-order valence-corrected chi connectivity index (χ2v) is 6.10. The maximum absolute atomic E-state index is 4.63. The molecule has 0 N–H and O–H groups in total. The van der Waals surface area contributed by atoms with Crippen molar-refractivity contribution in [2.24, 2.45) is 0 Å². The lowest BCUT2D eigenvalue weighted by atomic mass is 10.1. The summed E-state index contributed by atoms with van der Waals surface area (Å²) in [6.45, 7) is 0. The zero-order valence-corrected chi connectivity index (χ0v) is 13.1. The molecule has 0 spiro atoms. The molecule has 0 unspecified atom stereocenters. The van der Waals surface area contributed by atoms with Crippen molar-refractivity contribution in [3.05, 3.63) is 58.3 Å². The summed E-state index contributed by atoms with van der Waals surface area (Å²) in [6, 6.07) is 8.33. The van der Waals surface area contributed by atoms with Gasteiger partial charge < -0.3 is 0 Å². The van der Waals surface area contributed by atoms with Crippen LogP contribution in [0.5, 0.6) is 0 Å². The van der Waals surface area contributed by atoms with E-state index in [0.29, 0.717) is 0 Å². The van der Waals surface area contributed by atoms with Crippen LogP contribution in [0.1, 0.15) is 16.3 Å². The molecule has 6 heteroatoms. The van der Waals surface area contributed by atoms with Crippen LogP contribution in [0.15, 0.2) is 42.0 Å².